The first-order valence-corrected chi connectivity index (χ1v) is 7.15. The number of H-pyrrole nitrogens is 1. The molecule has 112 valence electrons. The van der Waals surface area contributed by atoms with Gasteiger partial charge in [0.2, 0.25) is 0 Å². The second-order valence-corrected chi connectivity index (χ2v) is 5.48. The van der Waals surface area contributed by atoms with Gasteiger partial charge in [-0.3, -0.25) is 9.59 Å². The number of Topliss-reactive ketones (excluding diaryl/α,β-unsaturated/α-hetero) is 1. The van der Waals surface area contributed by atoms with Crippen LogP contribution in [0, 0.1) is 0 Å². The first-order valence-electron chi connectivity index (χ1n) is 6.77. The average Bonchev–Trinajstić information content (AvgIpc) is 3.05. The number of ketones is 1. The van der Waals surface area contributed by atoms with Crippen molar-refractivity contribution >= 4 is 39.9 Å². The van der Waals surface area contributed by atoms with Gasteiger partial charge < -0.3 is 14.9 Å². The summed E-state index contributed by atoms with van der Waals surface area (Å²) in [6.07, 6.45) is 3.47. The van der Waals surface area contributed by atoms with Gasteiger partial charge in [-0.05, 0) is 37.3 Å². The maximum Gasteiger partial charge on any atom is 0.273 e. The minimum absolute atomic E-state index is 0.0938. The SMILES string of the molecule is CC(=O)Cn1ccc2cc(NC(=O)c3[nH]ccc3Cl)ccc21. The molecule has 1 amide bonds. The number of carbonyl (C=O) groups is 2. The van der Waals surface area contributed by atoms with E-state index in [2.05, 4.69) is 10.3 Å². The molecule has 3 rings (SSSR count). The third kappa shape index (κ3) is 2.76. The maximum absolute atomic E-state index is 12.1. The smallest absolute Gasteiger partial charge is 0.273 e. The summed E-state index contributed by atoms with van der Waals surface area (Å²) in [5.41, 5.74) is 1.95. The molecule has 0 atom stereocenters. The molecule has 3 aromatic rings. The molecule has 0 saturated heterocycles. The van der Waals surface area contributed by atoms with Crippen LogP contribution < -0.4 is 5.32 Å². The van der Waals surface area contributed by atoms with E-state index >= 15 is 0 Å². The molecule has 6 heteroatoms. The van der Waals surface area contributed by atoms with E-state index in [1.807, 2.05) is 29.0 Å². The zero-order valence-electron chi connectivity index (χ0n) is 11.9. The number of hydrogen-bond donors (Lipinski definition) is 2. The summed E-state index contributed by atoms with van der Waals surface area (Å²) in [6, 6.07) is 9.08. The van der Waals surface area contributed by atoms with E-state index in [1.54, 1.807) is 25.3 Å². The van der Waals surface area contributed by atoms with Gasteiger partial charge in [-0.25, -0.2) is 0 Å². The van der Waals surface area contributed by atoms with E-state index in [0.29, 0.717) is 22.9 Å². The van der Waals surface area contributed by atoms with E-state index in [-0.39, 0.29) is 11.7 Å². The highest BCUT2D eigenvalue weighted by molar-refractivity contribution is 6.34. The number of halogens is 1. The Balaban J connectivity index is 1.85. The van der Waals surface area contributed by atoms with Gasteiger partial charge in [-0.2, -0.15) is 0 Å². The van der Waals surface area contributed by atoms with Crippen LogP contribution in [0.3, 0.4) is 0 Å². The quantitative estimate of drug-likeness (QED) is 0.774. The van der Waals surface area contributed by atoms with Gasteiger partial charge in [0, 0.05) is 29.0 Å². The van der Waals surface area contributed by atoms with Gasteiger partial charge >= 0.3 is 0 Å². The molecule has 0 fully saturated rings. The van der Waals surface area contributed by atoms with Crippen molar-refractivity contribution in [2.45, 2.75) is 13.5 Å². The van der Waals surface area contributed by atoms with Crippen molar-refractivity contribution in [3.63, 3.8) is 0 Å². The number of rotatable bonds is 4. The molecule has 2 heterocycles. The topological polar surface area (TPSA) is 66.9 Å². The van der Waals surface area contributed by atoms with Gasteiger partial charge in [0.1, 0.15) is 11.5 Å². The van der Waals surface area contributed by atoms with E-state index in [4.69, 9.17) is 11.6 Å². The van der Waals surface area contributed by atoms with Crippen molar-refractivity contribution in [1.29, 1.82) is 0 Å². The number of fused-ring (bicyclic) bond motifs is 1. The molecule has 1 aromatic carbocycles. The second kappa shape index (κ2) is 5.69. The normalized spacial score (nSPS) is 10.8. The van der Waals surface area contributed by atoms with Crippen molar-refractivity contribution in [1.82, 2.24) is 9.55 Å². The Kier molecular flexibility index (Phi) is 3.73. The predicted molar refractivity (Wildman–Crippen MR) is 86.4 cm³/mol. The largest absolute Gasteiger partial charge is 0.356 e. The predicted octanol–water partition coefficient (Wildman–Crippen LogP) is 3.46. The highest BCUT2D eigenvalue weighted by Gasteiger charge is 2.12. The van der Waals surface area contributed by atoms with Gasteiger partial charge in [-0.1, -0.05) is 11.6 Å². The minimum atomic E-state index is -0.294. The summed E-state index contributed by atoms with van der Waals surface area (Å²) < 4.78 is 1.88. The van der Waals surface area contributed by atoms with Crippen LogP contribution >= 0.6 is 11.6 Å². The van der Waals surface area contributed by atoms with Gasteiger partial charge in [0.25, 0.3) is 5.91 Å². The fourth-order valence-corrected chi connectivity index (χ4v) is 2.58. The fourth-order valence-electron chi connectivity index (χ4n) is 2.37. The lowest BCUT2D eigenvalue weighted by Crippen LogP contribution is -2.12. The van der Waals surface area contributed by atoms with Crippen molar-refractivity contribution in [2.24, 2.45) is 0 Å². The van der Waals surface area contributed by atoms with Crippen LogP contribution in [0.25, 0.3) is 10.9 Å². The van der Waals surface area contributed by atoms with Crippen molar-refractivity contribution in [3.8, 4) is 0 Å². The Hall–Kier alpha value is -2.53. The molecule has 0 unspecified atom stereocenters. The third-order valence-corrected chi connectivity index (χ3v) is 3.66. The summed E-state index contributed by atoms with van der Waals surface area (Å²) in [7, 11) is 0. The van der Waals surface area contributed by atoms with Crippen molar-refractivity contribution < 1.29 is 9.59 Å². The summed E-state index contributed by atoms with van der Waals surface area (Å²) in [4.78, 5) is 26.1. The molecule has 5 nitrogen and oxygen atoms in total. The zero-order chi connectivity index (χ0) is 15.7. The van der Waals surface area contributed by atoms with Crippen LogP contribution in [-0.4, -0.2) is 21.2 Å². The molecule has 0 radical (unpaired) electrons. The molecule has 0 saturated carbocycles. The molecule has 0 bridgehead atoms. The number of amides is 1. The number of carbonyl (C=O) groups excluding carboxylic acids is 2. The third-order valence-electron chi connectivity index (χ3n) is 3.35. The summed E-state index contributed by atoms with van der Waals surface area (Å²) in [5.74, 6) is -0.200. The number of benzene rings is 1. The van der Waals surface area contributed by atoms with Gasteiger partial charge in [0.05, 0.1) is 11.6 Å². The number of nitrogens with zero attached hydrogens (tertiary/aromatic N) is 1. The highest BCUT2D eigenvalue weighted by atomic mass is 35.5. The molecule has 2 aromatic heterocycles. The van der Waals surface area contributed by atoms with Crippen LogP contribution in [0.15, 0.2) is 42.7 Å². The monoisotopic (exact) mass is 315 g/mol. The van der Waals surface area contributed by atoms with Crippen LogP contribution in [0.2, 0.25) is 5.02 Å². The molecule has 0 spiro atoms. The van der Waals surface area contributed by atoms with E-state index in [0.717, 1.165) is 10.9 Å². The Morgan fingerprint density at radius 3 is 2.77 bits per heavy atom. The van der Waals surface area contributed by atoms with Crippen LogP contribution in [0.4, 0.5) is 5.69 Å². The van der Waals surface area contributed by atoms with Crippen LogP contribution in [0.1, 0.15) is 17.4 Å². The molecule has 2 N–H and O–H groups in total. The van der Waals surface area contributed by atoms with E-state index < -0.39 is 0 Å². The highest BCUT2D eigenvalue weighted by Crippen LogP contribution is 2.22. The molecule has 0 aliphatic rings. The Bertz CT molecular complexity index is 863. The first-order chi connectivity index (χ1) is 10.5. The van der Waals surface area contributed by atoms with E-state index in [9.17, 15) is 9.59 Å². The van der Waals surface area contributed by atoms with Crippen molar-refractivity contribution in [2.75, 3.05) is 5.32 Å². The van der Waals surface area contributed by atoms with Crippen LogP contribution in [0.5, 0.6) is 0 Å². The Labute approximate surface area is 131 Å². The fraction of sp³-hybridized carbons (Fsp3) is 0.125. The Morgan fingerprint density at radius 1 is 1.27 bits per heavy atom. The standard InChI is InChI=1S/C16H14ClN3O2/c1-10(21)9-20-7-5-11-8-12(2-3-14(11)20)19-16(22)15-13(17)4-6-18-15/h2-8,18H,9H2,1H3,(H,19,22). The first kappa shape index (κ1) is 14.4. The van der Waals surface area contributed by atoms with Gasteiger partial charge in [0.15, 0.2) is 0 Å². The lowest BCUT2D eigenvalue weighted by Gasteiger charge is -2.06. The number of nitrogens with one attached hydrogen (secondary N) is 2. The number of hydrogen-bond acceptors (Lipinski definition) is 2. The van der Waals surface area contributed by atoms with Crippen molar-refractivity contribution in [3.05, 3.63) is 53.4 Å². The van der Waals surface area contributed by atoms with Crippen LogP contribution in [-0.2, 0) is 11.3 Å². The van der Waals surface area contributed by atoms with Gasteiger partial charge in [-0.15, -0.1) is 0 Å². The molecule has 0 aliphatic heterocycles. The number of aromatic amines is 1. The summed E-state index contributed by atoms with van der Waals surface area (Å²) in [6.45, 7) is 1.90. The molecule has 22 heavy (non-hydrogen) atoms. The summed E-state index contributed by atoms with van der Waals surface area (Å²) in [5, 5.41) is 4.13. The zero-order valence-corrected chi connectivity index (χ0v) is 12.6. The molecule has 0 aliphatic carbocycles. The van der Waals surface area contributed by atoms with E-state index in [1.165, 1.54) is 0 Å². The summed E-state index contributed by atoms with van der Waals surface area (Å²) >= 11 is 5.92. The second-order valence-electron chi connectivity index (χ2n) is 5.07. The lowest BCUT2D eigenvalue weighted by molar-refractivity contribution is -0.117. The lowest BCUT2D eigenvalue weighted by atomic mass is 10.2. The Morgan fingerprint density at radius 2 is 2.09 bits per heavy atom. The molecular formula is C16H14ClN3O2. The minimum Gasteiger partial charge on any atom is -0.356 e. The average molecular weight is 316 g/mol. The molecular weight excluding hydrogens is 302 g/mol. The number of aromatic nitrogens is 2. The number of anilines is 1. The maximum atomic E-state index is 12.1.